The zero-order valence-corrected chi connectivity index (χ0v) is 50.8. The SMILES string of the molecule is CC(CCCCCBr)c1ccc(C2=CC(=O)C(c3ccc(C(C)CCCCCBr)cc3)=C2c2ccc(C3=C(c4ccc(C(C)CCCCCBr)cc4)C(=O)C=C3c3ccc(C(C)CCCCCBr)cc3)cc2)cc1. The van der Waals surface area contributed by atoms with Gasteiger partial charge in [-0.1, -0.05) is 264 Å². The van der Waals surface area contributed by atoms with Crippen LogP contribution in [0.5, 0.6) is 0 Å². The molecule has 5 aromatic rings. The number of ketones is 2. The van der Waals surface area contributed by atoms with Crippen molar-refractivity contribution in [1.82, 2.24) is 0 Å². The molecular formula is C68H78Br4O2. The molecule has 0 spiro atoms. The van der Waals surface area contributed by atoms with E-state index in [-0.39, 0.29) is 11.6 Å². The molecule has 0 fully saturated rings. The van der Waals surface area contributed by atoms with Crippen molar-refractivity contribution in [2.75, 3.05) is 21.3 Å². The summed E-state index contributed by atoms with van der Waals surface area (Å²) in [6, 6.07) is 44.2. The second kappa shape index (κ2) is 29.7. The molecule has 2 aliphatic carbocycles. The molecule has 4 unspecified atom stereocenters. The summed E-state index contributed by atoms with van der Waals surface area (Å²) in [6.07, 6.45) is 22.9. The third-order valence-electron chi connectivity index (χ3n) is 15.7. The summed E-state index contributed by atoms with van der Waals surface area (Å²) in [7, 11) is 0. The molecule has 0 radical (unpaired) electrons. The Morgan fingerprint density at radius 1 is 0.284 bits per heavy atom. The maximum atomic E-state index is 14.5. The van der Waals surface area contributed by atoms with Crippen LogP contribution in [0.3, 0.4) is 0 Å². The van der Waals surface area contributed by atoms with Crippen molar-refractivity contribution < 1.29 is 9.59 Å². The number of carbonyl (C=O) groups is 2. The van der Waals surface area contributed by atoms with E-state index in [9.17, 15) is 9.59 Å². The van der Waals surface area contributed by atoms with Crippen molar-refractivity contribution in [2.45, 2.75) is 154 Å². The number of benzene rings is 5. The van der Waals surface area contributed by atoms with Gasteiger partial charge in [-0.25, -0.2) is 0 Å². The summed E-state index contributed by atoms with van der Waals surface area (Å²) < 4.78 is 0. The Hall–Kier alpha value is -3.68. The van der Waals surface area contributed by atoms with Crippen LogP contribution in [-0.4, -0.2) is 32.9 Å². The molecule has 2 aliphatic rings. The zero-order valence-electron chi connectivity index (χ0n) is 44.5. The van der Waals surface area contributed by atoms with Gasteiger partial charge in [0.1, 0.15) is 0 Å². The summed E-state index contributed by atoms with van der Waals surface area (Å²) in [5.74, 6) is 1.87. The molecule has 5 aromatic carbocycles. The predicted octanol–water partition coefficient (Wildman–Crippen LogP) is 21.1. The second-order valence-electron chi connectivity index (χ2n) is 21.2. The fraction of sp³-hybridized carbons (Fsp3) is 0.412. The molecule has 0 aromatic heterocycles. The van der Waals surface area contributed by atoms with Crippen molar-refractivity contribution in [3.05, 3.63) is 189 Å². The lowest BCUT2D eigenvalue weighted by Crippen LogP contribution is -2.00. The number of hydrogen-bond donors (Lipinski definition) is 0. The Kier molecular flexibility index (Phi) is 23.3. The normalized spacial score (nSPS) is 15.5. The Bertz CT molecular complexity index is 2530. The molecule has 0 heterocycles. The highest BCUT2D eigenvalue weighted by Gasteiger charge is 2.31. The molecule has 390 valence electrons. The van der Waals surface area contributed by atoms with Crippen LogP contribution in [0.15, 0.2) is 133 Å². The summed E-state index contributed by atoms with van der Waals surface area (Å²) in [6.45, 7) is 9.29. The van der Waals surface area contributed by atoms with Gasteiger partial charge in [-0.3, -0.25) is 9.59 Å². The van der Waals surface area contributed by atoms with Crippen LogP contribution in [-0.2, 0) is 9.59 Å². The molecule has 0 saturated heterocycles. The van der Waals surface area contributed by atoms with Crippen molar-refractivity contribution in [3.63, 3.8) is 0 Å². The minimum Gasteiger partial charge on any atom is -0.289 e. The van der Waals surface area contributed by atoms with Gasteiger partial charge in [0.05, 0.1) is 0 Å². The van der Waals surface area contributed by atoms with E-state index in [2.05, 4.69) is 213 Å². The fourth-order valence-corrected chi connectivity index (χ4v) is 12.6. The van der Waals surface area contributed by atoms with Gasteiger partial charge in [0.15, 0.2) is 11.6 Å². The average molecular weight is 1250 g/mol. The standard InChI is InChI=1S/C68H78Br4O2/c1-47(17-9-5-13-41-69)51-21-29-55(30-22-51)61-45-63(73)67(59-33-25-53(26-34-59)49(3)19-11-7-15-43-71)65(61)57-37-39-58(40-38-57)66-62(56-31-23-52(24-32-56)48(2)18-10-6-14-42-70)46-64(74)68(66)60-35-27-54(28-36-60)50(4)20-12-8-16-44-72/h21-40,45-50H,5-20,41-44H2,1-4H3. The molecule has 0 bridgehead atoms. The summed E-state index contributed by atoms with van der Waals surface area (Å²) >= 11 is 14.3. The first kappa shape index (κ1) is 58.0. The number of rotatable bonds is 30. The lowest BCUT2D eigenvalue weighted by Gasteiger charge is -2.18. The molecule has 0 aliphatic heterocycles. The highest BCUT2D eigenvalue weighted by Crippen LogP contribution is 2.47. The monoisotopic (exact) mass is 1240 g/mol. The molecule has 4 atom stereocenters. The van der Waals surface area contributed by atoms with Crippen LogP contribution < -0.4 is 0 Å². The number of carbonyl (C=O) groups excluding carboxylic acids is 2. The lowest BCUT2D eigenvalue weighted by molar-refractivity contribution is -0.110. The lowest BCUT2D eigenvalue weighted by atomic mass is 9.85. The molecule has 74 heavy (non-hydrogen) atoms. The van der Waals surface area contributed by atoms with Crippen LogP contribution in [0.2, 0.25) is 0 Å². The van der Waals surface area contributed by atoms with Gasteiger partial charge in [-0.15, -0.1) is 0 Å². The maximum absolute atomic E-state index is 14.5. The molecule has 0 saturated carbocycles. The summed E-state index contributed by atoms with van der Waals surface area (Å²) in [5, 5.41) is 4.22. The topological polar surface area (TPSA) is 34.1 Å². The van der Waals surface area contributed by atoms with E-state index < -0.39 is 0 Å². The fourth-order valence-electron chi connectivity index (χ4n) is 11.0. The summed E-state index contributed by atoms with van der Waals surface area (Å²) in [4.78, 5) is 29.0. The first-order chi connectivity index (χ1) is 36.1. The van der Waals surface area contributed by atoms with E-state index in [4.69, 9.17) is 0 Å². The van der Waals surface area contributed by atoms with E-state index in [0.717, 1.165) is 114 Å². The Morgan fingerprint density at radius 3 is 0.743 bits per heavy atom. The first-order valence-corrected chi connectivity index (χ1v) is 32.3. The molecule has 0 amide bonds. The number of alkyl halides is 4. The van der Waals surface area contributed by atoms with Crippen LogP contribution in [0, 0.1) is 0 Å². The van der Waals surface area contributed by atoms with Gasteiger partial charge in [0, 0.05) is 43.6 Å². The molecule has 0 N–H and O–H groups in total. The highest BCUT2D eigenvalue weighted by atomic mass is 79.9. The first-order valence-electron chi connectivity index (χ1n) is 27.8. The van der Waals surface area contributed by atoms with Gasteiger partial charge >= 0.3 is 0 Å². The van der Waals surface area contributed by atoms with Crippen molar-refractivity contribution in [1.29, 1.82) is 0 Å². The van der Waals surface area contributed by atoms with E-state index in [0.29, 0.717) is 23.7 Å². The smallest absolute Gasteiger partial charge is 0.187 e. The van der Waals surface area contributed by atoms with Crippen LogP contribution in [0.1, 0.15) is 210 Å². The van der Waals surface area contributed by atoms with E-state index in [1.54, 1.807) is 0 Å². The molecule has 6 heteroatoms. The number of halogens is 4. The third-order valence-corrected chi connectivity index (χ3v) is 18.0. The van der Waals surface area contributed by atoms with Gasteiger partial charge in [0.2, 0.25) is 0 Å². The van der Waals surface area contributed by atoms with Gasteiger partial charge < -0.3 is 0 Å². The van der Waals surface area contributed by atoms with E-state index >= 15 is 0 Å². The van der Waals surface area contributed by atoms with Gasteiger partial charge in [0.25, 0.3) is 0 Å². The van der Waals surface area contributed by atoms with Crippen LogP contribution in [0.4, 0.5) is 0 Å². The van der Waals surface area contributed by atoms with Crippen molar-refractivity contribution in [3.8, 4) is 0 Å². The van der Waals surface area contributed by atoms with Gasteiger partial charge in [-0.2, -0.15) is 0 Å². The molecule has 7 rings (SSSR count). The quantitative estimate of drug-likeness (QED) is 0.0339. The molecule has 2 nitrogen and oxygen atoms in total. The maximum Gasteiger partial charge on any atom is 0.187 e. The zero-order chi connectivity index (χ0) is 52.4. The largest absolute Gasteiger partial charge is 0.289 e. The van der Waals surface area contributed by atoms with E-state index in [1.165, 1.54) is 99.3 Å². The molecular weight excluding hydrogens is 1170 g/mol. The highest BCUT2D eigenvalue weighted by molar-refractivity contribution is 9.09. The number of allylic oxidation sites excluding steroid dienone is 8. The van der Waals surface area contributed by atoms with E-state index in [1.807, 2.05) is 12.2 Å². The van der Waals surface area contributed by atoms with Crippen molar-refractivity contribution in [2.24, 2.45) is 0 Å². The minimum atomic E-state index is 0.0314. The Morgan fingerprint density at radius 2 is 0.500 bits per heavy atom. The predicted molar refractivity (Wildman–Crippen MR) is 335 cm³/mol. The second-order valence-corrected chi connectivity index (χ2v) is 24.3. The number of hydrogen-bond acceptors (Lipinski definition) is 2. The number of unbranched alkanes of at least 4 members (excludes halogenated alkanes) is 8. The average Bonchev–Trinajstić information content (AvgIpc) is 3.97. The van der Waals surface area contributed by atoms with Crippen LogP contribution in [0.25, 0.3) is 33.4 Å². The van der Waals surface area contributed by atoms with Crippen LogP contribution >= 0.6 is 63.7 Å². The minimum absolute atomic E-state index is 0.0314. The van der Waals surface area contributed by atoms with Gasteiger partial charge in [-0.05, 0) is 154 Å². The van der Waals surface area contributed by atoms with Crippen molar-refractivity contribution >= 4 is 109 Å². The summed E-state index contributed by atoms with van der Waals surface area (Å²) in [5.41, 5.74) is 16.5. The Labute approximate surface area is 479 Å². The third kappa shape index (κ3) is 15.3. The Balaban J connectivity index is 1.27.